The molecule has 0 aliphatic heterocycles. The number of hydrogen-bond acceptors (Lipinski definition) is 4. The molecule has 0 fully saturated rings. The molecule has 6 heteroatoms. The lowest BCUT2D eigenvalue weighted by Crippen LogP contribution is -2.24. The number of aryl methyl sites for hydroxylation is 2. The van der Waals surface area contributed by atoms with Gasteiger partial charge in [0.2, 0.25) is 0 Å². The van der Waals surface area contributed by atoms with Gasteiger partial charge in [-0.25, -0.2) is 4.98 Å². The number of carbonyl (C=O) groups excluding carboxylic acids is 1. The summed E-state index contributed by atoms with van der Waals surface area (Å²) in [6.45, 7) is 2.20. The van der Waals surface area contributed by atoms with E-state index in [0.717, 1.165) is 55.7 Å². The van der Waals surface area contributed by atoms with E-state index in [1.165, 1.54) is 5.52 Å². The molecule has 0 radical (unpaired) electrons. The molecule has 0 aliphatic rings. The first kappa shape index (κ1) is 24.3. The van der Waals surface area contributed by atoms with E-state index in [9.17, 15) is 4.79 Å². The molecular weight excluding hydrogens is 438 g/mol. The number of nitrogens with zero attached hydrogens (tertiary/aromatic N) is 2. The number of unbranched alkanes of at least 4 members (excludes halogenated alkanes) is 2. The molecule has 0 bridgehead atoms. The second-order valence-electron chi connectivity index (χ2n) is 8.48. The van der Waals surface area contributed by atoms with Gasteiger partial charge in [0, 0.05) is 25.1 Å². The zero-order valence-corrected chi connectivity index (χ0v) is 20.3. The highest BCUT2D eigenvalue weighted by Crippen LogP contribution is 2.19. The quantitative estimate of drug-likeness (QED) is 0.256. The monoisotopic (exact) mass is 471 g/mol. The number of fused-ring (bicyclic) bond motifs is 1. The molecule has 1 heterocycles. The first-order valence-corrected chi connectivity index (χ1v) is 12.3. The van der Waals surface area contributed by atoms with Crippen LogP contribution in [0.4, 0.5) is 0 Å². The van der Waals surface area contributed by atoms with Gasteiger partial charge in [0.1, 0.15) is 17.3 Å². The molecule has 35 heavy (non-hydrogen) atoms. The highest BCUT2D eigenvalue weighted by Gasteiger charge is 2.10. The molecule has 0 spiro atoms. The molecule has 1 amide bonds. The number of nitrogens with one attached hydrogen (secondary N) is 1. The van der Waals surface area contributed by atoms with Crippen LogP contribution in [0.2, 0.25) is 0 Å². The summed E-state index contributed by atoms with van der Waals surface area (Å²) in [6.07, 6.45) is 4.81. The maximum absolute atomic E-state index is 12.3. The van der Waals surface area contributed by atoms with Crippen molar-refractivity contribution in [2.24, 2.45) is 0 Å². The summed E-state index contributed by atoms with van der Waals surface area (Å²) in [7, 11) is 1.60. The lowest BCUT2D eigenvalue weighted by atomic mass is 10.1. The first-order valence-electron chi connectivity index (χ1n) is 12.3. The molecule has 1 N–H and O–H groups in total. The van der Waals surface area contributed by atoms with Gasteiger partial charge in [-0.3, -0.25) is 4.79 Å². The van der Waals surface area contributed by atoms with Crippen molar-refractivity contribution in [1.82, 2.24) is 14.9 Å². The SMILES string of the molecule is COc1cccc(C(=O)NCCCCCc2nc3ccccc3n2CCCOc2ccccc2)c1. The summed E-state index contributed by atoms with van der Waals surface area (Å²) in [5.41, 5.74) is 2.83. The molecule has 4 rings (SSSR count). The fourth-order valence-electron chi connectivity index (χ4n) is 4.15. The van der Waals surface area contributed by atoms with E-state index < -0.39 is 0 Å². The van der Waals surface area contributed by atoms with Crippen LogP contribution < -0.4 is 14.8 Å². The summed E-state index contributed by atoms with van der Waals surface area (Å²) in [5.74, 6) is 2.64. The van der Waals surface area contributed by atoms with Crippen LogP contribution in [0.15, 0.2) is 78.9 Å². The van der Waals surface area contributed by atoms with Gasteiger partial charge in [-0.05, 0) is 61.7 Å². The van der Waals surface area contributed by atoms with Gasteiger partial charge in [0.15, 0.2) is 0 Å². The van der Waals surface area contributed by atoms with Crippen molar-refractivity contribution in [3.05, 3.63) is 90.3 Å². The van der Waals surface area contributed by atoms with Gasteiger partial charge in [0.25, 0.3) is 5.91 Å². The summed E-state index contributed by atoms with van der Waals surface area (Å²) in [6, 6.07) is 25.5. The normalized spacial score (nSPS) is 10.9. The van der Waals surface area contributed by atoms with E-state index in [1.807, 2.05) is 48.5 Å². The molecule has 0 saturated carbocycles. The molecule has 4 aromatic rings. The average molecular weight is 472 g/mol. The van der Waals surface area contributed by atoms with E-state index in [1.54, 1.807) is 19.2 Å². The van der Waals surface area contributed by atoms with Crippen molar-refractivity contribution >= 4 is 16.9 Å². The van der Waals surface area contributed by atoms with Gasteiger partial charge >= 0.3 is 0 Å². The van der Waals surface area contributed by atoms with Gasteiger partial charge in [-0.1, -0.05) is 42.8 Å². The van der Waals surface area contributed by atoms with Gasteiger partial charge in [-0.2, -0.15) is 0 Å². The largest absolute Gasteiger partial charge is 0.497 e. The fraction of sp³-hybridized carbons (Fsp3) is 0.310. The Kier molecular flexibility index (Phi) is 8.76. The minimum Gasteiger partial charge on any atom is -0.497 e. The Morgan fingerprint density at radius 1 is 0.886 bits per heavy atom. The number of para-hydroxylation sites is 3. The Morgan fingerprint density at radius 2 is 1.69 bits per heavy atom. The summed E-state index contributed by atoms with van der Waals surface area (Å²) < 4.78 is 13.4. The first-order chi connectivity index (χ1) is 17.2. The van der Waals surface area contributed by atoms with Crippen LogP contribution in [-0.4, -0.2) is 35.7 Å². The smallest absolute Gasteiger partial charge is 0.251 e. The predicted octanol–water partition coefficient (Wildman–Crippen LogP) is 5.66. The Morgan fingerprint density at radius 3 is 2.54 bits per heavy atom. The minimum absolute atomic E-state index is 0.0663. The third-order valence-corrected chi connectivity index (χ3v) is 5.97. The van der Waals surface area contributed by atoms with Crippen molar-refractivity contribution < 1.29 is 14.3 Å². The number of benzene rings is 3. The maximum Gasteiger partial charge on any atom is 0.251 e. The van der Waals surface area contributed by atoms with Crippen LogP contribution in [0.3, 0.4) is 0 Å². The van der Waals surface area contributed by atoms with Crippen molar-refractivity contribution in [2.75, 3.05) is 20.3 Å². The Bertz CT molecular complexity index is 1220. The Hall–Kier alpha value is -3.80. The van der Waals surface area contributed by atoms with Crippen molar-refractivity contribution in [2.45, 2.75) is 38.6 Å². The number of aromatic nitrogens is 2. The zero-order valence-electron chi connectivity index (χ0n) is 20.3. The van der Waals surface area contributed by atoms with E-state index in [-0.39, 0.29) is 5.91 Å². The van der Waals surface area contributed by atoms with Gasteiger partial charge < -0.3 is 19.4 Å². The second-order valence-corrected chi connectivity index (χ2v) is 8.48. The number of ether oxygens (including phenoxy) is 2. The summed E-state index contributed by atoms with van der Waals surface area (Å²) in [5, 5.41) is 3.00. The van der Waals surface area contributed by atoms with Crippen LogP contribution in [0, 0.1) is 0 Å². The molecule has 0 atom stereocenters. The van der Waals surface area contributed by atoms with Crippen LogP contribution in [-0.2, 0) is 13.0 Å². The number of methoxy groups -OCH3 is 1. The Labute approximate surface area is 206 Å². The number of carbonyl (C=O) groups is 1. The molecule has 0 aliphatic carbocycles. The van der Waals surface area contributed by atoms with E-state index in [0.29, 0.717) is 24.5 Å². The second kappa shape index (κ2) is 12.6. The topological polar surface area (TPSA) is 65.4 Å². The van der Waals surface area contributed by atoms with Crippen molar-refractivity contribution in [3.63, 3.8) is 0 Å². The maximum atomic E-state index is 12.3. The van der Waals surface area contributed by atoms with Crippen LogP contribution in [0.25, 0.3) is 11.0 Å². The van der Waals surface area contributed by atoms with E-state index in [4.69, 9.17) is 14.5 Å². The zero-order chi connectivity index (χ0) is 24.3. The summed E-state index contributed by atoms with van der Waals surface area (Å²) >= 11 is 0. The number of hydrogen-bond donors (Lipinski definition) is 1. The van der Waals surface area contributed by atoms with Crippen LogP contribution >= 0.6 is 0 Å². The molecule has 0 saturated heterocycles. The van der Waals surface area contributed by atoms with Gasteiger partial charge in [-0.15, -0.1) is 0 Å². The average Bonchev–Trinajstić information content (AvgIpc) is 3.26. The number of rotatable bonds is 13. The third kappa shape index (κ3) is 6.85. The molecule has 0 unspecified atom stereocenters. The summed E-state index contributed by atoms with van der Waals surface area (Å²) in [4.78, 5) is 17.2. The predicted molar refractivity (Wildman–Crippen MR) is 139 cm³/mol. The van der Waals surface area contributed by atoms with E-state index >= 15 is 0 Å². The fourth-order valence-corrected chi connectivity index (χ4v) is 4.15. The highest BCUT2D eigenvalue weighted by molar-refractivity contribution is 5.94. The lowest BCUT2D eigenvalue weighted by Gasteiger charge is -2.11. The number of imidazole rings is 1. The molecule has 3 aromatic carbocycles. The highest BCUT2D eigenvalue weighted by atomic mass is 16.5. The van der Waals surface area contributed by atoms with Crippen molar-refractivity contribution in [3.8, 4) is 11.5 Å². The molecular formula is C29H33N3O3. The van der Waals surface area contributed by atoms with Crippen LogP contribution in [0.1, 0.15) is 41.9 Å². The number of amides is 1. The molecule has 1 aromatic heterocycles. The van der Waals surface area contributed by atoms with Crippen molar-refractivity contribution in [1.29, 1.82) is 0 Å². The Balaban J connectivity index is 1.23. The molecule has 182 valence electrons. The lowest BCUT2D eigenvalue weighted by molar-refractivity contribution is 0.0952. The third-order valence-electron chi connectivity index (χ3n) is 5.97. The van der Waals surface area contributed by atoms with Crippen LogP contribution in [0.5, 0.6) is 11.5 Å². The molecule has 6 nitrogen and oxygen atoms in total. The standard InChI is InChI=1S/C29H33N3O3/c1-34-25-15-10-12-23(22-25)29(33)30-19-9-3-6-18-28-31-26-16-7-8-17-27(26)32(28)20-11-21-35-24-13-4-2-5-14-24/h2,4-5,7-8,10,12-17,22H,3,6,9,11,18-21H2,1H3,(H,30,33). The van der Waals surface area contributed by atoms with E-state index in [2.05, 4.69) is 28.1 Å². The minimum atomic E-state index is -0.0663. The van der Waals surface area contributed by atoms with Gasteiger partial charge in [0.05, 0.1) is 24.8 Å².